The van der Waals surface area contributed by atoms with E-state index in [4.69, 9.17) is 4.74 Å². The number of hydrogen-bond acceptors (Lipinski definition) is 3. The molecular formula is C8H15NO3S. The van der Waals surface area contributed by atoms with E-state index in [2.05, 4.69) is 4.72 Å². The highest BCUT2D eigenvalue weighted by Crippen LogP contribution is 2.25. The first-order valence-corrected chi connectivity index (χ1v) is 6.27. The Morgan fingerprint density at radius 1 is 1.31 bits per heavy atom. The minimum absolute atomic E-state index is 0.156. The van der Waals surface area contributed by atoms with Crippen LogP contribution in [-0.2, 0) is 14.8 Å². The average Bonchev–Trinajstić information content (AvgIpc) is 2.69. The maximum Gasteiger partial charge on any atom is 0.217 e. The fraction of sp³-hybridized carbons (Fsp3) is 1.00. The number of nitrogens with one attached hydrogen (secondary N) is 1. The summed E-state index contributed by atoms with van der Waals surface area (Å²) in [7, 11) is -3.12. The van der Waals surface area contributed by atoms with E-state index in [1.165, 1.54) is 0 Å². The second kappa shape index (κ2) is 3.22. The molecule has 1 N–H and O–H groups in total. The first-order valence-electron chi connectivity index (χ1n) is 4.72. The van der Waals surface area contributed by atoms with E-state index in [1.807, 2.05) is 6.92 Å². The average molecular weight is 205 g/mol. The lowest BCUT2D eigenvalue weighted by Gasteiger charge is -2.15. The Balaban J connectivity index is 2.03. The number of ether oxygens (including phenoxy) is 1. The van der Waals surface area contributed by atoms with Crippen LogP contribution in [0.1, 0.15) is 26.2 Å². The zero-order chi connectivity index (χ0) is 9.47. The number of hydrogen-bond donors (Lipinski definition) is 1. The molecule has 1 aliphatic heterocycles. The molecule has 13 heavy (non-hydrogen) atoms. The van der Waals surface area contributed by atoms with Crippen LogP contribution in [0.2, 0.25) is 0 Å². The van der Waals surface area contributed by atoms with E-state index in [0.717, 1.165) is 12.8 Å². The van der Waals surface area contributed by atoms with Crippen LogP contribution in [0, 0.1) is 0 Å². The third-order valence-corrected chi connectivity index (χ3v) is 4.69. The maximum atomic E-state index is 11.7. The molecular weight excluding hydrogens is 190 g/mol. The van der Waals surface area contributed by atoms with Crippen LogP contribution >= 0.6 is 0 Å². The van der Waals surface area contributed by atoms with Crippen molar-refractivity contribution in [3.63, 3.8) is 0 Å². The van der Waals surface area contributed by atoms with Crippen molar-refractivity contribution < 1.29 is 13.2 Å². The maximum absolute atomic E-state index is 11.7. The summed E-state index contributed by atoms with van der Waals surface area (Å²) >= 11 is 0. The molecule has 0 spiro atoms. The van der Waals surface area contributed by atoms with Crippen molar-refractivity contribution >= 4 is 10.0 Å². The Labute approximate surface area is 78.7 Å². The standard InChI is InChI=1S/C8H15NO3S/c1-6-8(4-5-12-6)13(10,11)9-7-2-3-7/h6-9H,2-5H2,1H3. The molecule has 2 fully saturated rings. The van der Waals surface area contributed by atoms with Crippen LogP contribution in [0.15, 0.2) is 0 Å². The SMILES string of the molecule is CC1OCCC1S(=O)(=O)NC1CC1. The van der Waals surface area contributed by atoms with E-state index in [-0.39, 0.29) is 17.4 Å². The predicted octanol–water partition coefficient (Wildman–Crippen LogP) is 0.246. The van der Waals surface area contributed by atoms with Crippen molar-refractivity contribution in [3.05, 3.63) is 0 Å². The van der Waals surface area contributed by atoms with Crippen molar-refractivity contribution in [2.45, 2.75) is 43.6 Å². The van der Waals surface area contributed by atoms with Crippen molar-refractivity contribution in [1.82, 2.24) is 4.72 Å². The normalized spacial score (nSPS) is 35.2. The smallest absolute Gasteiger partial charge is 0.217 e. The Bertz CT molecular complexity index is 284. The Morgan fingerprint density at radius 2 is 2.00 bits per heavy atom. The van der Waals surface area contributed by atoms with Gasteiger partial charge in [-0.15, -0.1) is 0 Å². The number of rotatable bonds is 3. The molecule has 2 atom stereocenters. The van der Waals surface area contributed by atoms with Gasteiger partial charge >= 0.3 is 0 Å². The molecule has 2 aliphatic rings. The molecule has 5 heteroatoms. The molecule has 1 aliphatic carbocycles. The van der Waals surface area contributed by atoms with Crippen molar-refractivity contribution in [3.8, 4) is 0 Å². The van der Waals surface area contributed by atoms with Gasteiger partial charge in [0, 0.05) is 12.6 Å². The van der Waals surface area contributed by atoms with Gasteiger partial charge in [0.25, 0.3) is 0 Å². The lowest BCUT2D eigenvalue weighted by Crippen LogP contribution is -2.39. The first kappa shape index (κ1) is 9.43. The summed E-state index contributed by atoms with van der Waals surface area (Å²) in [5.74, 6) is 0. The van der Waals surface area contributed by atoms with Gasteiger partial charge in [-0.2, -0.15) is 0 Å². The summed E-state index contributed by atoms with van der Waals surface area (Å²) in [5, 5.41) is -0.340. The molecule has 0 radical (unpaired) electrons. The largest absolute Gasteiger partial charge is 0.377 e. The quantitative estimate of drug-likeness (QED) is 0.718. The van der Waals surface area contributed by atoms with Crippen LogP contribution < -0.4 is 4.72 Å². The fourth-order valence-electron chi connectivity index (χ4n) is 1.64. The van der Waals surface area contributed by atoms with Crippen molar-refractivity contribution in [1.29, 1.82) is 0 Å². The summed E-state index contributed by atoms with van der Waals surface area (Å²) in [6, 6.07) is 0.206. The highest BCUT2D eigenvalue weighted by Gasteiger charge is 2.38. The van der Waals surface area contributed by atoms with Gasteiger partial charge in [-0.3, -0.25) is 0 Å². The summed E-state index contributed by atoms with van der Waals surface area (Å²) in [6.45, 7) is 2.39. The van der Waals surface area contributed by atoms with Crippen molar-refractivity contribution in [2.75, 3.05) is 6.61 Å². The first-order chi connectivity index (χ1) is 6.09. The zero-order valence-electron chi connectivity index (χ0n) is 7.69. The van der Waals surface area contributed by atoms with E-state index < -0.39 is 10.0 Å². The predicted molar refractivity (Wildman–Crippen MR) is 48.9 cm³/mol. The summed E-state index contributed by atoms with van der Waals surface area (Å²) < 4.78 is 31.3. The highest BCUT2D eigenvalue weighted by atomic mass is 32.2. The van der Waals surface area contributed by atoms with Crippen molar-refractivity contribution in [2.24, 2.45) is 0 Å². The molecule has 1 heterocycles. The van der Waals surface area contributed by atoms with Gasteiger partial charge in [0.05, 0.1) is 6.10 Å². The third-order valence-electron chi connectivity index (χ3n) is 2.61. The van der Waals surface area contributed by atoms with Crippen LogP contribution in [0.3, 0.4) is 0 Å². The van der Waals surface area contributed by atoms with Gasteiger partial charge < -0.3 is 4.74 Å². The van der Waals surface area contributed by atoms with Gasteiger partial charge in [-0.1, -0.05) is 0 Å². The third kappa shape index (κ3) is 2.03. The summed E-state index contributed by atoms with van der Waals surface area (Å²) in [6.07, 6.45) is 2.45. The minimum atomic E-state index is -3.12. The topological polar surface area (TPSA) is 55.4 Å². The molecule has 76 valence electrons. The molecule has 1 saturated carbocycles. The second-order valence-corrected chi connectivity index (χ2v) is 5.77. The molecule has 0 aromatic rings. The lowest BCUT2D eigenvalue weighted by molar-refractivity contribution is 0.126. The molecule has 1 saturated heterocycles. The number of sulfonamides is 1. The molecule has 2 rings (SSSR count). The van der Waals surface area contributed by atoms with Crippen LogP contribution in [0.4, 0.5) is 0 Å². The van der Waals surface area contributed by atoms with E-state index in [9.17, 15) is 8.42 Å². The second-order valence-electron chi connectivity index (χ2n) is 3.84. The van der Waals surface area contributed by atoms with Gasteiger partial charge in [0.2, 0.25) is 10.0 Å². The van der Waals surface area contributed by atoms with E-state index >= 15 is 0 Å². The lowest BCUT2D eigenvalue weighted by atomic mass is 10.3. The fourth-order valence-corrected chi connectivity index (χ4v) is 3.51. The summed E-state index contributed by atoms with van der Waals surface area (Å²) in [5.41, 5.74) is 0. The van der Waals surface area contributed by atoms with Gasteiger partial charge in [-0.05, 0) is 26.2 Å². The molecule has 2 unspecified atom stereocenters. The van der Waals surface area contributed by atoms with Gasteiger partial charge in [0.15, 0.2) is 0 Å². The Morgan fingerprint density at radius 3 is 2.46 bits per heavy atom. The molecule has 0 aromatic carbocycles. The molecule has 0 aromatic heterocycles. The zero-order valence-corrected chi connectivity index (χ0v) is 8.51. The van der Waals surface area contributed by atoms with Gasteiger partial charge in [-0.25, -0.2) is 13.1 Å². The van der Waals surface area contributed by atoms with Crippen LogP contribution in [0.5, 0.6) is 0 Å². The van der Waals surface area contributed by atoms with E-state index in [0.29, 0.717) is 13.0 Å². The molecule has 0 bridgehead atoms. The molecule has 0 amide bonds. The Hall–Kier alpha value is -0.130. The van der Waals surface area contributed by atoms with Crippen LogP contribution in [-0.4, -0.2) is 32.4 Å². The van der Waals surface area contributed by atoms with Crippen LogP contribution in [0.25, 0.3) is 0 Å². The Kier molecular flexibility index (Phi) is 2.33. The monoisotopic (exact) mass is 205 g/mol. The highest BCUT2D eigenvalue weighted by molar-refractivity contribution is 7.90. The minimum Gasteiger partial charge on any atom is -0.377 e. The molecule has 4 nitrogen and oxygen atoms in total. The van der Waals surface area contributed by atoms with Gasteiger partial charge in [0.1, 0.15) is 5.25 Å². The van der Waals surface area contributed by atoms with E-state index in [1.54, 1.807) is 0 Å². The summed E-state index contributed by atoms with van der Waals surface area (Å²) in [4.78, 5) is 0.